The van der Waals surface area contributed by atoms with Crippen molar-refractivity contribution >= 4 is 32.9 Å². The molecule has 6 heteroatoms. The van der Waals surface area contributed by atoms with E-state index in [0.29, 0.717) is 5.91 Å². The maximum atomic E-state index is 13.0. The van der Waals surface area contributed by atoms with Gasteiger partial charge in [-0.1, -0.05) is 41.9 Å². The van der Waals surface area contributed by atoms with Crippen LogP contribution in [0.5, 0.6) is 0 Å². The predicted octanol–water partition coefficient (Wildman–Crippen LogP) is 5.65. The summed E-state index contributed by atoms with van der Waals surface area (Å²) in [7, 11) is 0. The van der Waals surface area contributed by atoms with E-state index in [1.165, 1.54) is 0 Å². The number of amides is 1. The minimum absolute atomic E-state index is 0.162. The molecule has 2 aromatic carbocycles. The van der Waals surface area contributed by atoms with Crippen molar-refractivity contribution in [2.24, 2.45) is 5.92 Å². The van der Waals surface area contributed by atoms with Crippen LogP contribution in [0.1, 0.15) is 45.4 Å². The van der Waals surface area contributed by atoms with Gasteiger partial charge in [0, 0.05) is 29.2 Å². The topological polar surface area (TPSA) is 41.4 Å². The van der Waals surface area contributed by atoms with E-state index >= 15 is 0 Å². The molecule has 1 fully saturated rings. The smallest absolute Gasteiger partial charge is 0.225 e. The van der Waals surface area contributed by atoms with Crippen LogP contribution in [-0.2, 0) is 11.3 Å². The van der Waals surface area contributed by atoms with Crippen LogP contribution < -0.4 is 0 Å². The number of carbonyl (C=O) groups excluding carboxylic acids is 1. The second-order valence-corrected chi connectivity index (χ2v) is 9.62. The number of para-hydroxylation sites is 2. The van der Waals surface area contributed by atoms with E-state index in [1.807, 2.05) is 6.07 Å². The summed E-state index contributed by atoms with van der Waals surface area (Å²) in [5, 5.41) is 0. The van der Waals surface area contributed by atoms with E-state index in [2.05, 4.69) is 86.6 Å². The van der Waals surface area contributed by atoms with Crippen molar-refractivity contribution in [3.05, 3.63) is 58.8 Å². The summed E-state index contributed by atoms with van der Waals surface area (Å²) < 4.78 is 3.34. The molecule has 0 unspecified atom stereocenters. The molecule has 1 aromatic heterocycles. The van der Waals surface area contributed by atoms with Crippen molar-refractivity contribution in [2.75, 3.05) is 26.2 Å². The molecule has 5 nitrogen and oxygen atoms in total. The van der Waals surface area contributed by atoms with Gasteiger partial charge in [-0.15, -0.1) is 0 Å². The molecule has 0 radical (unpaired) electrons. The Bertz CT molecular complexity index is 1030. The SMILES string of the molecule is CCCN(CCC)C(=O)C1CCN(Cc2nc3ccccc3n2-c2ccc(Br)cc2)CC1. The lowest BCUT2D eigenvalue weighted by molar-refractivity contribution is -0.137. The summed E-state index contributed by atoms with van der Waals surface area (Å²) in [4.78, 5) is 22.5. The van der Waals surface area contributed by atoms with Crippen molar-refractivity contribution in [1.82, 2.24) is 19.4 Å². The number of likely N-dealkylation sites (tertiary alicyclic amines) is 1. The molecule has 1 aliphatic rings. The number of halogens is 1. The third kappa shape index (κ3) is 5.07. The third-order valence-corrected chi connectivity index (χ3v) is 6.84. The molecular formula is C26H33BrN4O. The lowest BCUT2D eigenvalue weighted by atomic mass is 9.95. The molecule has 1 saturated heterocycles. The number of imidazole rings is 1. The Labute approximate surface area is 199 Å². The molecule has 0 bridgehead atoms. The largest absolute Gasteiger partial charge is 0.342 e. The summed E-state index contributed by atoms with van der Waals surface area (Å²) >= 11 is 3.54. The number of hydrogen-bond donors (Lipinski definition) is 0. The summed E-state index contributed by atoms with van der Waals surface area (Å²) in [6.07, 6.45) is 3.91. The van der Waals surface area contributed by atoms with Crippen LogP contribution in [-0.4, -0.2) is 51.4 Å². The molecule has 2 heterocycles. The van der Waals surface area contributed by atoms with Gasteiger partial charge in [0.15, 0.2) is 0 Å². The zero-order valence-electron chi connectivity index (χ0n) is 19.1. The van der Waals surface area contributed by atoms with Gasteiger partial charge in [-0.3, -0.25) is 14.3 Å². The monoisotopic (exact) mass is 496 g/mol. The minimum atomic E-state index is 0.162. The Morgan fingerprint density at radius 1 is 1.03 bits per heavy atom. The van der Waals surface area contributed by atoms with Gasteiger partial charge in [0.05, 0.1) is 17.6 Å². The van der Waals surface area contributed by atoms with E-state index in [9.17, 15) is 4.79 Å². The lowest BCUT2D eigenvalue weighted by Crippen LogP contribution is -2.43. The Hall–Kier alpha value is -2.18. The van der Waals surface area contributed by atoms with E-state index in [0.717, 1.165) is 85.4 Å². The molecule has 1 amide bonds. The quantitative estimate of drug-likeness (QED) is 0.404. The zero-order chi connectivity index (χ0) is 22.5. The number of rotatable bonds is 8. The van der Waals surface area contributed by atoms with E-state index in [4.69, 9.17) is 4.98 Å². The van der Waals surface area contributed by atoms with Gasteiger partial charge in [0.25, 0.3) is 0 Å². The van der Waals surface area contributed by atoms with Crippen LogP contribution in [0, 0.1) is 5.92 Å². The van der Waals surface area contributed by atoms with Crippen molar-refractivity contribution in [2.45, 2.75) is 46.1 Å². The third-order valence-electron chi connectivity index (χ3n) is 6.32. The van der Waals surface area contributed by atoms with Crippen molar-refractivity contribution in [3.63, 3.8) is 0 Å². The van der Waals surface area contributed by atoms with Crippen LogP contribution in [0.4, 0.5) is 0 Å². The molecule has 0 atom stereocenters. The summed E-state index contributed by atoms with van der Waals surface area (Å²) in [6.45, 7) is 8.72. The lowest BCUT2D eigenvalue weighted by Gasteiger charge is -2.34. The maximum Gasteiger partial charge on any atom is 0.225 e. The predicted molar refractivity (Wildman–Crippen MR) is 134 cm³/mol. The number of hydrogen-bond acceptors (Lipinski definition) is 3. The van der Waals surface area contributed by atoms with Crippen molar-refractivity contribution < 1.29 is 4.79 Å². The van der Waals surface area contributed by atoms with Gasteiger partial charge in [0.2, 0.25) is 5.91 Å². The highest BCUT2D eigenvalue weighted by Gasteiger charge is 2.28. The number of fused-ring (bicyclic) bond motifs is 1. The normalized spacial score (nSPS) is 15.3. The average Bonchev–Trinajstić information content (AvgIpc) is 3.17. The Morgan fingerprint density at radius 2 is 1.69 bits per heavy atom. The molecule has 32 heavy (non-hydrogen) atoms. The molecule has 1 aliphatic heterocycles. The number of nitrogens with zero attached hydrogens (tertiary/aromatic N) is 4. The number of piperidine rings is 1. The van der Waals surface area contributed by atoms with Gasteiger partial charge < -0.3 is 4.90 Å². The second-order valence-electron chi connectivity index (χ2n) is 8.70. The number of carbonyl (C=O) groups is 1. The molecule has 0 spiro atoms. The van der Waals surface area contributed by atoms with E-state index < -0.39 is 0 Å². The van der Waals surface area contributed by atoms with Gasteiger partial charge in [-0.2, -0.15) is 0 Å². The van der Waals surface area contributed by atoms with Gasteiger partial charge in [0.1, 0.15) is 5.82 Å². The van der Waals surface area contributed by atoms with E-state index in [-0.39, 0.29) is 5.92 Å². The second kappa shape index (κ2) is 10.6. The van der Waals surface area contributed by atoms with Crippen LogP contribution in [0.15, 0.2) is 53.0 Å². The minimum Gasteiger partial charge on any atom is -0.342 e. The number of aromatic nitrogens is 2. The van der Waals surface area contributed by atoms with Gasteiger partial charge in [-0.05, 0) is 75.2 Å². The van der Waals surface area contributed by atoms with Gasteiger partial charge in [-0.25, -0.2) is 4.98 Å². The Morgan fingerprint density at radius 3 is 2.34 bits per heavy atom. The first kappa shape index (κ1) is 23.0. The molecule has 3 aromatic rings. The van der Waals surface area contributed by atoms with Crippen LogP contribution in [0.3, 0.4) is 0 Å². The first-order valence-electron chi connectivity index (χ1n) is 11.8. The van der Waals surface area contributed by atoms with Crippen LogP contribution >= 0.6 is 15.9 Å². The van der Waals surface area contributed by atoms with Crippen LogP contribution in [0.2, 0.25) is 0 Å². The fraction of sp³-hybridized carbons (Fsp3) is 0.462. The Balaban J connectivity index is 1.49. The molecular weight excluding hydrogens is 464 g/mol. The highest BCUT2D eigenvalue weighted by Crippen LogP contribution is 2.26. The molecule has 4 rings (SSSR count). The molecule has 0 N–H and O–H groups in total. The standard InChI is InChI=1S/C26H33BrN4O/c1-3-15-30(16-4-2)26(32)20-13-17-29(18-14-20)19-25-28-23-7-5-6-8-24(23)31(25)22-11-9-21(27)10-12-22/h5-12,20H,3-4,13-19H2,1-2H3. The average molecular weight is 497 g/mol. The van der Waals surface area contributed by atoms with Crippen molar-refractivity contribution in [3.8, 4) is 5.69 Å². The summed E-state index contributed by atoms with van der Waals surface area (Å²) in [5.41, 5.74) is 3.27. The van der Waals surface area contributed by atoms with Crippen molar-refractivity contribution in [1.29, 1.82) is 0 Å². The zero-order valence-corrected chi connectivity index (χ0v) is 20.7. The fourth-order valence-corrected chi connectivity index (χ4v) is 4.99. The Kier molecular flexibility index (Phi) is 7.63. The molecule has 0 saturated carbocycles. The number of benzene rings is 2. The molecule has 170 valence electrons. The first-order chi connectivity index (χ1) is 15.6. The van der Waals surface area contributed by atoms with E-state index in [1.54, 1.807) is 0 Å². The molecule has 0 aliphatic carbocycles. The van der Waals surface area contributed by atoms with Crippen LogP contribution in [0.25, 0.3) is 16.7 Å². The maximum absolute atomic E-state index is 13.0. The summed E-state index contributed by atoms with van der Waals surface area (Å²) in [5.74, 6) is 1.57. The highest BCUT2D eigenvalue weighted by molar-refractivity contribution is 9.10. The van der Waals surface area contributed by atoms with Gasteiger partial charge >= 0.3 is 0 Å². The fourth-order valence-electron chi connectivity index (χ4n) is 4.73. The summed E-state index contributed by atoms with van der Waals surface area (Å²) in [6, 6.07) is 16.7. The highest BCUT2D eigenvalue weighted by atomic mass is 79.9. The first-order valence-corrected chi connectivity index (χ1v) is 12.6.